The maximum atomic E-state index is 11.8. The molecule has 1 amide bonds. The number of phenolic OH excluding ortho intramolecular Hbond substituents is 1. The van der Waals surface area contributed by atoms with Crippen molar-refractivity contribution in [3.05, 3.63) is 45.8 Å². The van der Waals surface area contributed by atoms with Gasteiger partial charge in [0.25, 0.3) is 5.91 Å². The number of nitrogens with one attached hydrogen (secondary N) is 1. The molecule has 1 heterocycles. The number of amides is 1. The van der Waals surface area contributed by atoms with E-state index in [4.69, 9.17) is 4.52 Å². The summed E-state index contributed by atoms with van der Waals surface area (Å²) in [4.78, 5) is 11.8. The second kappa shape index (κ2) is 5.22. The van der Waals surface area contributed by atoms with Crippen molar-refractivity contribution in [2.45, 2.75) is 13.5 Å². The summed E-state index contributed by atoms with van der Waals surface area (Å²) in [6.45, 7) is 2.07. The van der Waals surface area contributed by atoms with E-state index in [-0.39, 0.29) is 18.2 Å². The number of aromatic nitrogens is 1. The van der Waals surface area contributed by atoms with E-state index >= 15 is 0 Å². The SMILES string of the molecule is Cc1cc(CNC(=O)c2ccc(Br)c(O)c2)on1. The lowest BCUT2D eigenvalue weighted by atomic mass is 10.2. The van der Waals surface area contributed by atoms with Gasteiger partial charge in [-0.2, -0.15) is 0 Å². The first-order valence-corrected chi connectivity index (χ1v) is 6.04. The summed E-state index contributed by atoms with van der Waals surface area (Å²) < 4.78 is 5.52. The van der Waals surface area contributed by atoms with Gasteiger partial charge in [-0.05, 0) is 41.1 Å². The standard InChI is InChI=1S/C12H11BrN2O3/c1-7-4-9(18-15-7)6-14-12(17)8-2-3-10(13)11(16)5-8/h2-5,16H,6H2,1H3,(H,14,17). The van der Waals surface area contributed by atoms with Crippen molar-refractivity contribution in [1.29, 1.82) is 0 Å². The van der Waals surface area contributed by atoms with Crippen LogP contribution in [0.15, 0.2) is 33.3 Å². The van der Waals surface area contributed by atoms with Gasteiger partial charge in [0.05, 0.1) is 16.7 Å². The lowest BCUT2D eigenvalue weighted by molar-refractivity contribution is 0.0946. The van der Waals surface area contributed by atoms with Crippen LogP contribution in [0.1, 0.15) is 21.8 Å². The average Bonchev–Trinajstić information content (AvgIpc) is 2.75. The van der Waals surface area contributed by atoms with Crippen LogP contribution in [0.5, 0.6) is 5.75 Å². The van der Waals surface area contributed by atoms with E-state index in [9.17, 15) is 9.90 Å². The van der Waals surface area contributed by atoms with Crippen LogP contribution in [0, 0.1) is 6.92 Å². The maximum absolute atomic E-state index is 11.8. The molecule has 1 aromatic carbocycles. The maximum Gasteiger partial charge on any atom is 0.251 e. The zero-order chi connectivity index (χ0) is 13.1. The quantitative estimate of drug-likeness (QED) is 0.912. The normalized spacial score (nSPS) is 10.3. The Morgan fingerprint density at radius 1 is 1.50 bits per heavy atom. The van der Waals surface area contributed by atoms with E-state index in [2.05, 4.69) is 26.4 Å². The van der Waals surface area contributed by atoms with Gasteiger partial charge in [-0.25, -0.2) is 0 Å². The highest BCUT2D eigenvalue weighted by Gasteiger charge is 2.09. The van der Waals surface area contributed by atoms with Gasteiger partial charge >= 0.3 is 0 Å². The monoisotopic (exact) mass is 310 g/mol. The van der Waals surface area contributed by atoms with Gasteiger partial charge in [-0.3, -0.25) is 4.79 Å². The molecule has 0 bridgehead atoms. The summed E-state index contributed by atoms with van der Waals surface area (Å²) in [5, 5.41) is 15.9. The first kappa shape index (κ1) is 12.6. The third kappa shape index (κ3) is 2.89. The van der Waals surface area contributed by atoms with Gasteiger partial charge in [-0.15, -0.1) is 0 Å². The van der Waals surface area contributed by atoms with Crippen LogP contribution in [-0.4, -0.2) is 16.2 Å². The number of nitrogens with zero attached hydrogens (tertiary/aromatic N) is 1. The Morgan fingerprint density at radius 3 is 2.89 bits per heavy atom. The number of aryl methyl sites for hydroxylation is 1. The van der Waals surface area contributed by atoms with Crippen LogP contribution >= 0.6 is 15.9 Å². The van der Waals surface area contributed by atoms with Crippen LogP contribution in [0.25, 0.3) is 0 Å². The molecule has 5 nitrogen and oxygen atoms in total. The topological polar surface area (TPSA) is 75.4 Å². The molecule has 0 saturated heterocycles. The molecule has 2 N–H and O–H groups in total. The highest BCUT2D eigenvalue weighted by atomic mass is 79.9. The first-order valence-electron chi connectivity index (χ1n) is 5.25. The van der Waals surface area contributed by atoms with Gasteiger partial charge in [-0.1, -0.05) is 5.16 Å². The zero-order valence-corrected chi connectivity index (χ0v) is 11.2. The molecule has 0 spiro atoms. The molecule has 0 aliphatic heterocycles. The third-order valence-electron chi connectivity index (χ3n) is 2.31. The van der Waals surface area contributed by atoms with Crippen LogP contribution < -0.4 is 5.32 Å². The molecular formula is C12H11BrN2O3. The summed E-state index contributed by atoms with van der Waals surface area (Å²) in [5.74, 6) is 0.326. The Kier molecular flexibility index (Phi) is 3.66. The highest BCUT2D eigenvalue weighted by molar-refractivity contribution is 9.10. The molecule has 0 fully saturated rings. The lowest BCUT2D eigenvalue weighted by Crippen LogP contribution is -2.22. The summed E-state index contributed by atoms with van der Waals surface area (Å²) in [6.07, 6.45) is 0. The number of benzene rings is 1. The number of halogens is 1. The molecule has 94 valence electrons. The Morgan fingerprint density at radius 2 is 2.28 bits per heavy atom. The van der Waals surface area contributed by atoms with Crippen LogP contribution in [0.3, 0.4) is 0 Å². The fraction of sp³-hybridized carbons (Fsp3) is 0.167. The summed E-state index contributed by atoms with van der Waals surface area (Å²) in [6, 6.07) is 6.37. The molecule has 0 saturated carbocycles. The van der Waals surface area contributed by atoms with Crippen molar-refractivity contribution in [1.82, 2.24) is 10.5 Å². The molecule has 0 radical (unpaired) electrons. The molecule has 0 unspecified atom stereocenters. The largest absolute Gasteiger partial charge is 0.507 e. The van der Waals surface area contributed by atoms with E-state index in [0.29, 0.717) is 15.8 Å². The van der Waals surface area contributed by atoms with Crippen molar-refractivity contribution in [2.24, 2.45) is 0 Å². The van der Waals surface area contributed by atoms with Crippen molar-refractivity contribution in [2.75, 3.05) is 0 Å². The molecule has 0 aliphatic rings. The fourth-order valence-corrected chi connectivity index (χ4v) is 1.67. The van der Waals surface area contributed by atoms with Crippen molar-refractivity contribution >= 4 is 21.8 Å². The minimum absolute atomic E-state index is 0.0261. The average molecular weight is 311 g/mol. The minimum Gasteiger partial charge on any atom is -0.507 e. The van der Waals surface area contributed by atoms with Crippen LogP contribution in [-0.2, 0) is 6.54 Å². The van der Waals surface area contributed by atoms with Crippen LogP contribution in [0.4, 0.5) is 0 Å². The van der Waals surface area contributed by atoms with E-state index in [1.807, 2.05) is 6.92 Å². The predicted molar refractivity (Wildman–Crippen MR) is 68.2 cm³/mol. The number of carbonyl (C=O) groups is 1. The molecular weight excluding hydrogens is 300 g/mol. The van der Waals surface area contributed by atoms with Crippen LogP contribution in [0.2, 0.25) is 0 Å². The minimum atomic E-state index is -0.285. The molecule has 1 aromatic heterocycles. The summed E-state index contributed by atoms with van der Waals surface area (Å²) in [5.41, 5.74) is 1.15. The predicted octanol–water partition coefficient (Wildman–Crippen LogP) is 2.38. The van der Waals surface area contributed by atoms with Gasteiger partial charge in [0.1, 0.15) is 5.75 Å². The number of hydrogen-bond donors (Lipinski definition) is 2. The van der Waals surface area contributed by atoms with Crippen molar-refractivity contribution in [3.63, 3.8) is 0 Å². The van der Waals surface area contributed by atoms with E-state index in [1.54, 1.807) is 18.2 Å². The molecule has 0 atom stereocenters. The summed E-state index contributed by atoms with van der Waals surface area (Å²) >= 11 is 3.15. The van der Waals surface area contributed by atoms with Gasteiger partial charge in [0.15, 0.2) is 5.76 Å². The highest BCUT2D eigenvalue weighted by Crippen LogP contribution is 2.24. The van der Waals surface area contributed by atoms with Crippen molar-refractivity contribution in [3.8, 4) is 5.75 Å². The summed E-state index contributed by atoms with van der Waals surface area (Å²) in [7, 11) is 0. The Labute approximate surface area is 112 Å². The number of carbonyl (C=O) groups excluding carboxylic acids is 1. The second-order valence-electron chi connectivity index (χ2n) is 3.78. The van der Waals surface area contributed by atoms with Gasteiger partial charge < -0.3 is 14.9 Å². The van der Waals surface area contributed by atoms with E-state index in [0.717, 1.165) is 5.69 Å². The Balaban J connectivity index is 2.01. The number of hydrogen-bond acceptors (Lipinski definition) is 4. The van der Waals surface area contributed by atoms with Crippen molar-refractivity contribution < 1.29 is 14.4 Å². The molecule has 2 rings (SSSR count). The molecule has 6 heteroatoms. The molecule has 0 aliphatic carbocycles. The lowest BCUT2D eigenvalue weighted by Gasteiger charge is -2.04. The fourth-order valence-electron chi connectivity index (χ4n) is 1.42. The second-order valence-corrected chi connectivity index (χ2v) is 4.64. The smallest absolute Gasteiger partial charge is 0.251 e. The number of aromatic hydroxyl groups is 1. The first-order chi connectivity index (χ1) is 8.56. The third-order valence-corrected chi connectivity index (χ3v) is 2.98. The van der Waals surface area contributed by atoms with E-state index < -0.39 is 0 Å². The van der Waals surface area contributed by atoms with Gasteiger partial charge in [0.2, 0.25) is 0 Å². The molecule has 2 aromatic rings. The van der Waals surface area contributed by atoms with Gasteiger partial charge in [0, 0.05) is 11.6 Å². The Hall–Kier alpha value is -1.82. The Bertz CT molecular complexity index is 580. The molecule has 18 heavy (non-hydrogen) atoms. The number of rotatable bonds is 3. The number of phenols is 1. The zero-order valence-electron chi connectivity index (χ0n) is 9.61. The van der Waals surface area contributed by atoms with E-state index in [1.165, 1.54) is 6.07 Å².